The van der Waals surface area contributed by atoms with Gasteiger partial charge in [-0.1, -0.05) is 18.2 Å². The fourth-order valence-electron chi connectivity index (χ4n) is 1.26. The highest BCUT2D eigenvalue weighted by molar-refractivity contribution is 5.76. The maximum absolute atomic E-state index is 11.0. The zero-order valence-electron chi connectivity index (χ0n) is 7.88. The Bertz CT molecular complexity index is 342. The fourth-order valence-corrected chi connectivity index (χ4v) is 1.26. The first kappa shape index (κ1) is 9.95. The number of aliphatic carboxylic acids is 1. The highest BCUT2D eigenvalue weighted by Gasteiger charge is 2.47. The van der Waals surface area contributed by atoms with Crippen LogP contribution in [0, 0.1) is 0 Å². The molecule has 0 radical (unpaired) electrons. The van der Waals surface area contributed by atoms with E-state index in [0.717, 1.165) is 0 Å². The van der Waals surface area contributed by atoms with Crippen LogP contribution in [0.15, 0.2) is 30.3 Å². The van der Waals surface area contributed by atoms with Gasteiger partial charge < -0.3 is 19.3 Å². The van der Waals surface area contributed by atoms with Crippen LogP contribution in [-0.2, 0) is 14.3 Å². The molecule has 1 N–H and O–H groups in total. The molecule has 80 valence electrons. The Kier molecular flexibility index (Phi) is 2.57. The summed E-state index contributed by atoms with van der Waals surface area (Å²) in [7, 11) is 0. The summed E-state index contributed by atoms with van der Waals surface area (Å²) in [5.74, 6) is -2.46. The van der Waals surface area contributed by atoms with Crippen molar-refractivity contribution in [2.24, 2.45) is 0 Å². The summed E-state index contributed by atoms with van der Waals surface area (Å²) in [5.41, 5.74) is 0. The summed E-state index contributed by atoms with van der Waals surface area (Å²) in [6.45, 7) is -0.184. The molecule has 0 aliphatic carbocycles. The van der Waals surface area contributed by atoms with Crippen LogP contribution in [0.5, 0.6) is 5.75 Å². The molecule has 0 spiro atoms. The molecule has 1 saturated heterocycles. The molecule has 1 aromatic carbocycles. The zero-order valence-corrected chi connectivity index (χ0v) is 7.88. The van der Waals surface area contributed by atoms with Crippen molar-refractivity contribution in [3.05, 3.63) is 30.3 Å². The van der Waals surface area contributed by atoms with Crippen molar-refractivity contribution < 1.29 is 24.1 Å². The third-order valence-electron chi connectivity index (χ3n) is 2.02. The lowest BCUT2D eigenvalue weighted by Crippen LogP contribution is -2.46. The molecule has 15 heavy (non-hydrogen) atoms. The van der Waals surface area contributed by atoms with Gasteiger partial charge in [0.2, 0.25) is 0 Å². The monoisotopic (exact) mass is 210 g/mol. The van der Waals surface area contributed by atoms with E-state index >= 15 is 0 Å². The van der Waals surface area contributed by atoms with Gasteiger partial charge in [0, 0.05) is 0 Å². The summed E-state index contributed by atoms with van der Waals surface area (Å²) in [4.78, 5) is 11.0. The minimum Gasteiger partial charge on any atom is -0.476 e. The minimum absolute atomic E-state index is 0.0703. The summed E-state index contributed by atoms with van der Waals surface area (Å²) in [5, 5.41) is 9.00. The van der Waals surface area contributed by atoms with Gasteiger partial charge in [0.05, 0.1) is 0 Å². The number of carboxylic acids is 1. The minimum atomic E-state index is -1.71. The summed E-state index contributed by atoms with van der Waals surface area (Å²) in [6, 6.07) is 8.63. The van der Waals surface area contributed by atoms with Crippen molar-refractivity contribution in [1.82, 2.24) is 0 Å². The molecule has 1 aliphatic rings. The smallest absolute Gasteiger partial charge is 0.380 e. The van der Waals surface area contributed by atoms with Gasteiger partial charge in [-0.05, 0) is 12.1 Å². The highest BCUT2D eigenvalue weighted by atomic mass is 16.8. The lowest BCUT2D eigenvalue weighted by Gasteiger charge is -2.22. The van der Waals surface area contributed by atoms with Crippen molar-refractivity contribution in [3.8, 4) is 5.75 Å². The molecule has 5 nitrogen and oxygen atoms in total. The molecule has 1 fully saturated rings. The molecular formula is C10H10O5. The number of ether oxygens (including phenoxy) is 3. The van der Waals surface area contributed by atoms with E-state index in [1.807, 2.05) is 6.07 Å². The van der Waals surface area contributed by atoms with Gasteiger partial charge in [-0.15, -0.1) is 0 Å². The van der Waals surface area contributed by atoms with Crippen LogP contribution in [0.3, 0.4) is 0 Å². The average Bonchev–Trinajstić information content (AvgIpc) is 2.69. The standard InChI is InChI=1S/C10H10O5/c11-9(12)10(6-13-7-14-10)15-8-4-2-1-3-5-8/h1-5H,6-7H2,(H,11,12). The van der Waals surface area contributed by atoms with Crippen molar-refractivity contribution >= 4 is 5.97 Å². The SMILES string of the molecule is O=C(O)C1(Oc2ccccc2)COCO1. The van der Waals surface area contributed by atoms with Crippen molar-refractivity contribution in [2.45, 2.75) is 5.79 Å². The van der Waals surface area contributed by atoms with Gasteiger partial charge in [-0.25, -0.2) is 4.79 Å². The van der Waals surface area contributed by atoms with Crippen molar-refractivity contribution in [2.75, 3.05) is 13.4 Å². The number of hydrogen-bond acceptors (Lipinski definition) is 4. The van der Waals surface area contributed by atoms with E-state index in [0.29, 0.717) is 5.75 Å². The molecule has 0 amide bonds. The van der Waals surface area contributed by atoms with E-state index in [1.165, 1.54) is 0 Å². The van der Waals surface area contributed by atoms with Crippen LogP contribution in [0.2, 0.25) is 0 Å². The predicted octanol–water partition coefficient (Wildman–Crippen LogP) is 0.851. The Morgan fingerprint density at radius 1 is 1.40 bits per heavy atom. The van der Waals surface area contributed by atoms with Crippen LogP contribution in [-0.4, -0.2) is 30.3 Å². The number of rotatable bonds is 3. The van der Waals surface area contributed by atoms with E-state index in [9.17, 15) is 4.79 Å². The molecule has 1 unspecified atom stereocenters. The van der Waals surface area contributed by atoms with E-state index < -0.39 is 11.8 Å². The van der Waals surface area contributed by atoms with E-state index in [2.05, 4.69) is 0 Å². The number of para-hydroxylation sites is 1. The molecule has 2 rings (SSSR count). The Balaban J connectivity index is 2.18. The first-order chi connectivity index (χ1) is 7.23. The molecular weight excluding hydrogens is 200 g/mol. The molecule has 1 atom stereocenters. The highest BCUT2D eigenvalue weighted by Crippen LogP contribution is 2.24. The Morgan fingerprint density at radius 3 is 2.67 bits per heavy atom. The lowest BCUT2D eigenvalue weighted by molar-refractivity contribution is -0.193. The second-order valence-electron chi connectivity index (χ2n) is 3.08. The van der Waals surface area contributed by atoms with Gasteiger partial charge in [0.25, 0.3) is 0 Å². The molecule has 0 aromatic heterocycles. The van der Waals surface area contributed by atoms with E-state index in [1.54, 1.807) is 24.3 Å². The number of benzene rings is 1. The molecule has 1 aliphatic heterocycles. The first-order valence-corrected chi connectivity index (χ1v) is 4.42. The van der Waals surface area contributed by atoms with Crippen LogP contribution < -0.4 is 4.74 Å². The molecule has 1 aromatic rings. The van der Waals surface area contributed by atoms with Crippen LogP contribution in [0.25, 0.3) is 0 Å². The topological polar surface area (TPSA) is 65.0 Å². The van der Waals surface area contributed by atoms with Gasteiger partial charge in [-0.2, -0.15) is 0 Å². The van der Waals surface area contributed by atoms with Crippen molar-refractivity contribution in [1.29, 1.82) is 0 Å². The largest absolute Gasteiger partial charge is 0.476 e. The summed E-state index contributed by atoms with van der Waals surface area (Å²) in [6.07, 6.45) is 0. The quantitative estimate of drug-likeness (QED) is 0.801. The number of hydrogen-bond donors (Lipinski definition) is 1. The molecule has 0 bridgehead atoms. The Hall–Kier alpha value is -1.59. The average molecular weight is 210 g/mol. The maximum Gasteiger partial charge on any atom is 0.380 e. The molecule has 0 saturated carbocycles. The van der Waals surface area contributed by atoms with Gasteiger partial charge in [-0.3, -0.25) is 0 Å². The fraction of sp³-hybridized carbons (Fsp3) is 0.300. The maximum atomic E-state index is 11.0. The lowest BCUT2D eigenvalue weighted by atomic mass is 10.3. The van der Waals surface area contributed by atoms with Gasteiger partial charge in [0.15, 0.2) is 6.79 Å². The zero-order chi connectivity index (χ0) is 10.7. The number of carbonyl (C=O) groups is 1. The van der Waals surface area contributed by atoms with Gasteiger partial charge >= 0.3 is 11.8 Å². The van der Waals surface area contributed by atoms with Crippen LogP contribution in [0.4, 0.5) is 0 Å². The van der Waals surface area contributed by atoms with E-state index in [4.69, 9.17) is 19.3 Å². The van der Waals surface area contributed by atoms with E-state index in [-0.39, 0.29) is 13.4 Å². The van der Waals surface area contributed by atoms with Crippen molar-refractivity contribution in [3.63, 3.8) is 0 Å². The third-order valence-corrected chi connectivity index (χ3v) is 2.02. The summed E-state index contributed by atoms with van der Waals surface area (Å²) < 4.78 is 15.1. The summed E-state index contributed by atoms with van der Waals surface area (Å²) >= 11 is 0. The Labute approximate surface area is 86.2 Å². The predicted molar refractivity (Wildman–Crippen MR) is 49.3 cm³/mol. The normalized spacial score (nSPS) is 25.1. The second-order valence-corrected chi connectivity index (χ2v) is 3.08. The third kappa shape index (κ3) is 1.93. The molecule has 5 heteroatoms. The van der Waals surface area contributed by atoms with Crippen LogP contribution in [0.1, 0.15) is 0 Å². The number of carboxylic acid groups (broad SMARTS) is 1. The second kappa shape index (κ2) is 3.88. The Morgan fingerprint density at radius 2 is 2.13 bits per heavy atom. The molecule has 1 heterocycles. The van der Waals surface area contributed by atoms with Gasteiger partial charge in [0.1, 0.15) is 12.4 Å². The first-order valence-electron chi connectivity index (χ1n) is 4.42. The van der Waals surface area contributed by atoms with Crippen LogP contribution >= 0.6 is 0 Å².